The molecule has 0 atom stereocenters. The molecule has 0 aromatic rings. The average molecular weight is 293 g/mol. The minimum Gasteiger partial charge on any atom is -0.244 e. The molecule has 0 aromatic heterocycles. The summed E-state index contributed by atoms with van der Waals surface area (Å²) in [6.45, 7) is 2.22. The van der Waals surface area contributed by atoms with Gasteiger partial charge in [-0.15, -0.1) is 0 Å². The third kappa shape index (κ3) is 12.7. The molecule has 0 aliphatic carbocycles. The van der Waals surface area contributed by atoms with Gasteiger partial charge >= 0.3 is 13.5 Å². The summed E-state index contributed by atoms with van der Waals surface area (Å²) in [5.41, 5.74) is -0.802. The predicted octanol–water partition coefficient (Wildman–Crippen LogP) is 3.95. The van der Waals surface area contributed by atoms with E-state index in [9.17, 15) is 4.79 Å². The fourth-order valence-electron chi connectivity index (χ4n) is 2.09. The molecule has 5 heteroatoms. The van der Waals surface area contributed by atoms with E-state index < -0.39 is 13.5 Å². The zero-order chi connectivity index (χ0) is 14.6. The first-order valence-electron chi connectivity index (χ1n) is 7.59. The summed E-state index contributed by atoms with van der Waals surface area (Å²) in [4.78, 5) is 37.2. The SMILES string of the molecule is CCCCCCCCCCCCCC(=O)[P+](O)(O)O. The highest BCUT2D eigenvalue weighted by atomic mass is 31.2. The van der Waals surface area contributed by atoms with E-state index in [1.54, 1.807) is 0 Å². The second-order valence-electron chi connectivity index (χ2n) is 5.25. The van der Waals surface area contributed by atoms with E-state index in [0.29, 0.717) is 6.42 Å². The highest BCUT2D eigenvalue weighted by molar-refractivity contribution is 7.76. The number of carbonyl (C=O) groups is 1. The Morgan fingerprint density at radius 3 is 1.47 bits per heavy atom. The van der Waals surface area contributed by atoms with Crippen molar-refractivity contribution in [1.29, 1.82) is 0 Å². The van der Waals surface area contributed by atoms with Crippen molar-refractivity contribution in [3.63, 3.8) is 0 Å². The average Bonchev–Trinajstić information content (AvgIpc) is 2.34. The molecule has 0 amide bonds. The van der Waals surface area contributed by atoms with Crippen LogP contribution in [0.3, 0.4) is 0 Å². The van der Waals surface area contributed by atoms with Crippen LogP contribution < -0.4 is 0 Å². The van der Waals surface area contributed by atoms with E-state index in [0.717, 1.165) is 12.8 Å². The van der Waals surface area contributed by atoms with Crippen molar-refractivity contribution in [3.05, 3.63) is 0 Å². The summed E-state index contributed by atoms with van der Waals surface area (Å²) in [5, 5.41) is 0. The number of rotatable bonds is 13. The van der Waals surface area contributed by atoms with E-state index in [4.69, 9.17) is 14.7 Å². The summed E-state index contributed by atoms with van der Waals surface area (Å²) in [6.07, 6.45) is 13.1. The van der Waals surface area contributed by atoms with Gasteiger partial charge in [0.1, 0.15) is 0 Å². The molecule has 114 valence electrons. The monoisotopic (exact) mass is 293 g/mol. The lowest BCUT2D eigenvalue weighted by molar-refractivity contribution is -0.114. The van der Waals surface area contributed by atoms with Gasteiger partial charge in [-0.1, -0.05) is 71.1 Å². The van der Waals surface area contributed by atoms with Gasteiger partial charge in [0.2, 0.25) is 0 Å². The van der Waals surface area contributed by atoms with Crippen LogP contribution in [0.25, 0.3) is 0 Å². The van der Waals surface area contributed by atoms with Gasteiger partial charge in [0, 0.05) is 0 Å². The van der Waals surface area contributed by atoms with E-state index in [2.05, 4.69) is 6.92 Å². The fraction of sp³-hybridized carbons (Fsp3) is 0.929. The molecule has 3 N–H and O–H groups in total. The minimum absolute atomic E-state index is 0.0777. The van der Waals surface area contributed by atoms with Crippen LogP contribution in [0.1, 0.15) is 84.0 Å². The maximum atomic E-state index is 11.0. The molecule has 0 aromatic carbocycles. The van der Waals surface area contributed by atoms with Crippen LogP contribution in [0.5, 0.6) is 0 Å². The lowest BCUT2D eigenvalue weighted by Crippen LogP contribution is -2.04. The lowest BCUT2D eigenvalue weighted by Gasteiger charge is -2.03. The highest BCUT2D eigenvalue weighted by Gasteiger charge is 2.41. The topological polar surface area (TPSA) is 77.8 Å². The first-order chi connectivity index (χ1) is 8.98. The van der Waals surface area contributed by atoms with Crippen LogP contribution in [-0.4, -0.2) is 20.2 Å². The van der Waals surface area contributed by atoms with Crippen molar-refractivity contribution in [1.82, 2.24) is 0 Å². The molecule has 0 aliphatic rings. The van der Waals surface area contributed by atoms with Crippen molar-refractivity contribution in [2.24, 2.45) is 0 Å². The van der Waals surface area contributed by atoms with Gasteiger partial charge in [0.25, 0.3) is 0 Å². The quantitative estimate of drug-likeness (QED) is 0.355. The Kier molecular flexibility index (Phi) is 11.8. The van der Waals surface area contributed by atoms with Gasteiger partial charge in [-0.05, 0) is 6.42 Å². The van der Waals surface area contributed by atoms with E-state index >= 15 is 0 Å². The minimum atomic E-state index is -4.23. The molecule has 19 heavy (non-hydrogen) atoms. The Labute approximate surface area is 117 Å². The maximum absolute atomic E-state index is 11.0. The van der Waals surface area contributed by atoms with Crippen molar-refractivity contribution >= 4 is 13.5 Å². The molecular weight excluding hydrogens is 263 g/mol. The van der Waals surface area contributed by atoms with Crippen LogP contribution in [0.2, 0.25) is 0 Å². The van der Waals surface area contributed by atoms with E-state index in [1.165, 1.54) is 51.4 Å². The second-order valence-corrected chi connectivity index (χ2v) is 6.88. The van der Waals surface area contributed by atoms with Gasteiger partial charge < -0.3 is 0 Å². The van der Waals surface area contributed by atoms with E-state index in [1.807, 2.05) is 0 Å². The third-order valence-corrected chi connectivity index (χ3v) is 4.22. The van der Waals surface area contributed by atoms with Gasteiger partial charge in [0.15, 0.2) is 0 Å². The van der Waals surface area contributed by atoms with Crippen molar-refractivity contribution < 1.29 is 19.5 Å². The normalized spacial score (nSPS) is 11.8. The van der Waals surface area contributed by atoms with Crippen molar-refractivity contribution in [2.75, 3.05) is 0 Å². The van der Waals surface area contributed by atoms with Gasteiger partial charge in [-0.3, -0.25) is 0 Å². The molecule has 4 nitrogen and oxygen atoms in total. The predicted molar refractivity (Wildman–Crippen MR) is 79.7 cm³/mol. The largest absolute Gasteiger partial charge is 0.478 e. The zero-order valence-corrected chi connectivity index (χ0v) is 13.1. The van der Waals surface area contributed by atoms with Crippen molar-refractivity contribution in [2.45, 2.75) is 84.0 Å². The molecule has 0 unspecified atom stereocenters. The molecule has 0 bridgehead atoms. The van der Waals surface area contributed by atoms with Gasteiger partial charge in [-0.25, -0.2) is 4.79 Å². The van der Waals surface area contributed by atoms with Crippen LogP contribution in [0.4, 0.5) is 0 Å². The Hall–Kier alpha value is -0.0200. The first kappa shape index (κ1) is 19.0. The van der Waals surface area contributed by atoms with Crippen LogP contribution in [0.15, 0.2) is 0 Å². The molecule has 0 fully saturated rings. The van der Waals surface area contributed by atoms with Gasteiger partial charge in [-0.2, -0.15) is 14.7 Å². The molecule has 0 heterocycles. The van der Waals surface area contributed by atoms with Crippen LogP contribution in [0, 0.1) is 0 Å². The van der Waals surface area contributed by atoms with E-state index in [-0.39, 0.29) is 6.42 Å². The number of hydrogen-bond donors (Lipinski definition) is 3. The molecule has 0 radical (unpaired) electrons. The molecule has 0 spiro atoms. The second kappa shape index (κ2) is 11.8. The summed E-state index contributed by atoms with van der Waals surface area (Å²) >= 11 is 0. The first-order valence-corrected chi connectivity index (χ1v) is 9.24. The Morgan fingerprint density at radius 1 is 0.737 bits per heavy atom. The third-order valence-electron chi connectivity index (χ3n) is 3.33. The number of carbonyl (C=O) groups excluding carboxylic acids is 1. The smallest absolute Gasteiger partial charge is 0.244 e. The number of unbranched alkanes of at least 4 members (excludes halogenated alkanes) is 10. The zero-order valence-electron chi connectivity index (χ0n) is 12.2. The fourth-order valence-corrected chi connectivity index (χ4v) is 2.55. The lowest BCUT2D eigenvalue weighted by atomic mass is 10.1. The molecule has 0 rings (SSSR count). The van der Waals surface area contributed by atoms with Gasteiger partial charge in [0.05, 0.1) is 6.42 Å². The standard InChI is InChI=1S/C14H30O4P/c1-2-3-4-5-6-7-8-9-10-11-12-13-14(15)19(16,17)18/h16-18H,2-13H2,1H3/q+1. The van der Waals surface area contributed by atoms with Crippen LogP contribution >= 0.6 is 7.94 Å². The summed E-state index contributed by atoms with van der Waals surface area (Å²) < 4.78 is 0. The molecular formula is C14H30O4P+. The Balaban J connectivity index is 3.17. The van der Waals surface area contributed by atoms with Crippen LogP contribution in [-0.2, 0) is 4.79 Å². The molecule has 0 saturated heterocycles. The maximum Gasteiger partial charge on any atom is 0.478 e. The van der Waals surface area contributed by atoms with Crippen molar-refractivity contribution in [3.8, 4) is 0 Å². The summed E-state index contributed by atoms with van der Waals surface area (Å²) in [7, 11) is -4.23. The highest BCUT2D eigenvalue weighted by Crippen LogP contribution is 2.46. The summed E-state index contributed by atoms with van der Waals surface area (Å²) in [6, 6.07) is 0. The molecule has 0 aliphatic heterocycles. The Bertz CT molecular complexity index is 226. The summed E-state index contributed by atoms with van der Waals surface area (Å²) in [5.74, 6) is 0. The Morgan fingerprint density at radius 2 is 1.11 bits per heavy atom. The number of hydrogen-bond acceptors (Lipinski definition) is 4. The molecule has 0 saturated carbocycles.